The second-order valence-electron chi connectivity index (χ2n) is 5.67. The summed E-state index contributed by atoms with van der Waals surface area (Å²) < 4.78 is 11.4. The number of carbonyl (C=O) groups is 1. The summed E-state index contributed by atoms with van der Waals surface area (Å²) in [6, 6.07) is 16.7. The van der Waals surface area contributed by atoms with Crippen molar-refractivity contribution in [2.75, 3.05) is 0 Å². The van der Waals surface area contributed by atoms with Gasteiger partial charge in [0.05, 0.1) is 16.9 Å². The molecule has 0 aliphatic carbocycles. The molecule has 4 heteroatoms. The molecule has 0 saturated carbocycles. The monoisotopic (exact) mass is 306 g/mol. The minimum absolute atomic E-state index is 0.112. The van der Waals surface area contributed by atoms with Crippen LogP contribution >= 0.6 is 0 Å². The summed E-state index contributed by atoms with van der Waals surface area (Å²) in [7, 11) is 0. The van der Waals surface area contributed by atoms with Crippen LogP contribution in [0.1, 0.15) is 24.0 Å². The van der Waals surface area contributed by atoms with Crippen molar-refractivity contribution in [1.82, 2.24) is 0 Å². The Morgan fingerprint density at radius 2 is 1.70 bits per heavy atom. The van der Waals surface area contributed by atoms with Crippen LogP contribution in [0, 0.1) is 0 Å². The van der Waals surface area contributed by atoms with Crippen molar-refractivity contribution in [2.24, 2.45) is 0 Å². The molecule has 0 saturated heterocycles. The Morgan fingerprint density at radius 3 is 2.43 bits per heavy atom. The summed E-state index contributed by atoms with van der Waals surface area (Å²) in [6.45, 7) is 1.48. The average Bonchev–Trinajstić information content (AvgIpc) is 2.97. The van der Waals surface area contributed by atoms with Crippen LogP contribution in [0.5, 0.6) is 5.75 Å². The number of carbonyl (C=O) groups excluding carboxylic acids is 1. The number of ether oxygens (including phenoxy) is 1. The van der Waals surface area contributed by atoms with E-state index in [1.54, 1.807) is 12.1 Å². The highest BCUT2D eigenvalue weighted by molar-refractivity contribution is 5.90. The molecule has 2 aromatic carbocycles. The van der Waals surface area contributed by atoms with Crippen molar-refractivity contribution in [3.05, 3.63) is 76.1 Å². The first-order valence-electron chi connectivity index (χ1n) is 7.44. The fourth-order valence-corrected chi connectivity index (χ4v) is 3.20. The lowest BCUT2D eigenvalue weighted by atomic mass is 9.87. The highest BCUT2D eigenvalue weighted by Gasteiger charge is 2.42. The van der Waals surface area contributed by atoms with Gasteiger partial charge in [-0.2, -0.15) is 0 Å². The van der Waals surface area contributed by atoms with E-state index in [4.69, 9.17) is 9.15 Å². The number of Topliss-reactive ketones (excluding diaryl/α,β-unsaturated/α-hetero) is 1. The Kier molecular flexibility index (Phi) is 3.05. The van der Waals surface area contributed by atoms with Gasteiger partial charge in [-0.25, -0.2) is 4.79 Å². The van der Waals surface area contributed by atoms with Gasteiger partial charge in [0.25, 0.3) is 0 Å². The van der Waals surface area contributed by atoms with Gasteiger partial charge in [-0.1, -0.05) is 42.5 Å². The highest BCUT2D eigenvalue weighted by Crippen LogP contribution is 2.44. The summed E-state index contributed by atoms with van der Waals surface area (Å²) >= 11 is 0. The van der Waals surface area contributed by atoms with Crippen LogP contribution in [-0.2, 0) is 4.79 Å². The standard InChI is InChI=1S/C19H14O4/c1-11(20)17-15(12-7-3-2-4-8-12)16-18(23-17)13-9-5-6-10-14(13)22-19(16)21/h2-10,15,17H,1H3/t15-,17+/m0/s1. The number of benzene rings is 2. The largest absolute Gasteiger partial charge is 0.480 e. The second kappa shape index (κ2) is 5.09. The lowest BCUT2D eigenvalue weighted by molar-refractivity contribution is -0.123. The van der Waals surface area contributed by atoms with E-state index in [9.17, 15) is 9.59 Å². The molecular weight excluding hydrogens is 292 g/mol. The molecule has 114 valence electrons. The zero-order valence-electron chi connectivity index (χ0n) is 12.5. The van der Waals surface area contributed by atoms with Gasteiger partial charge < -0.3 is 9.15 Å². The van der Waals surface area contributed by atoms with Gasteiger partial charge in [0.15, 0.2) is 11.9 Å². The molecule has 1 aliphatic rings. The van der Waals surface area contributed by atoms with Crippen molar-refractivity contribution < 1.29 is 13.9 Å². The molecule has 0 bridgehead atoms. The van der Waals surface area contributed by atoms with Crippen LogP contribution in [0.3, 0.4) is 0 Å². The van der Waals surface area contributed by atoms with Crippen molar-refractivity contribution in [3.63, 3.8) is 0 Å². The van der Waals surface area contributed by atoms with Crippen LogP contribution in [0.15, 0.2) is 63.8 Å². The zero-order chi connectivity index (χ0) is 16.0. The Labute approximate surface area is 132 Å². The molecule has 4 rings (SSSR count). The van der Waals surface area contributed by atoms with Crippen LogP contribution in [-0.4, -0.2) is 11.9 Å². The van der Waals surface area contributed by atoms with E-state index in [0.29, 0.717) is 22.3 Å². The SMILES string of the molecule is CC(=O)[C@H]1Oc2c(c(=O)oc3ccccc23)[C@@H]1c1ccccc1. The first-order chi connectivity index (χ1) is 11.2. The molecule has 3 aromatic rings. The molecule has 1 aliphatic heterocycles. The predicted molar refractivity (Wildman–Crippen MR) is 85.9 cm³/mol. The Bertz CT molecular complexity index is 956. The molecule has 0 spiro atoms. The quantitative estimate of drug-likeness (QED) is 0.682. The van der Waals surface area contributed by atoms with Crippen molar-refractivity contribution in [1.29, 1.82) is 0 Å². The predicted octanol–water partition coefficient (Wildman–Crippen LogP) is 3.27. The average molecular weight is 306 g/mol. The molecule has 23 heavy (non-hydrogen) atoms. The van der Waals surface area contributed by atoms with Crippen LogP contribution in [0.25, 0.3) is 11.0 Å². The van der Waals surface area contributed by atoms with Crippen LogP contribution in [0.4, 0.5) is 0 Å². The van der Waals surface area contributed by atoms with Crippen LogP contribution in [0.2, 0.25) is 0 Å². The van der Waals surface area contributed by atoms with Gasteiger partial charge in [0, 0.05) is 0 Å². The number of hydrogen-bond acceptors (Lipinski definition) is 4. The molecule has 0 amide bonds. The van der Waals surface area contributed by atoms with Crippen molar-refractivity contribution >= 4 is 16.8 Å². The molecule has 0 unspecified atom stereocenters. The van der Waals surface area contributed by atoms with Gasteiger partial charge in [0.1, 0.15) is 11.3 Å². The zero-order valence-corrected chi connectivity index (χ0v) is 12.5. The summed E-state index contributed by atoms with van der Waals surface area (Å²) in [5.74, 6) is -0.0889. The normalized spacial score (nSPS) is 19.3. The first-order valence-corrected chi connectivity index (χ1v) is 7.44. The molecule has 1 aromatic heterocycles. The van der Waals surface area contributed by atoms with Gasteiger partial charge in [0.2, 0.25) is 0 Å². The molecular formula is C19H14O4. The lowest BCUT2D eigenvalue weighted by Crippen LogP contribution is -2.28. The molecule has 0 fully saturated rings. The smallest absolute Gasteiger partial charge is 0.344 e. The fourth-order valence-electron chi connectivity index (χ4n) is 3.20. The summed E-state index contributed by atoms with van der Waals surface area (Å²) in [5, 5.41) is 0.715. The molecule has 0 radical (unpaired) electrons. The lowest BCUT2D eigenvalue weighted by Gasteiger charge is -2.16. The summed E-state index contributed by atoms with van der Waals surface area (Å²) in [5.41, 5.74) is 1.31. The van der Waals surface area contributed by atoms with Gasteiger partial charge in [-0.15, -0.1) is 0 Å². The molecule has 4 nitrogen and oxygen atoms in total. The van der Waals surface area contributed by atoms with Crippen molar-refractivity contribution in [2.45, 2.75) is 18.9 Å². The Balaban J connectivity index is 2.03. The third-order valence-electron chi connectivity index (χ3n) is 4.22. The third-order valence-corrected chi connectivity index (χ3v) is 4.22. The number of ketones is 1. The maximum atomic E-state index is 12.5. The number of hydrogen-bond donors (Lipinski definition) is 0. The highest BCUT2D eigenvalue weighted by atomic mass is 16.5. The fraction of sp³-hybridized carbons (Fsp3) is 0.158. The summed E-state index contributed by atoms with van der Waals surface area (Å²) in [4.78, 5) is 24.6. The Morgan fingerprint density at radius 1 is 1.00 bits per heavy atom. The maximum absolute atomic E-state index is 12.5. The summed E-state index contributed by atoms with van der Waals surface area (Å²) in [6.07, 6.45) is -0.707. The molecule has 2 heterocycles. The third kappa shape index (κ3) is 2.06. The number of rotatable bonds is 2. The van der Waals surface area contributed by atoms with Crippen LogP contribution < -0.4 is 10.4 Å². The van der Waals surface area contributed by atoms with E-state index in [0.717, 1.165) is 5.56 Å². The van der Waals surface area contributed by atoms with E-state index in [2.05, 4.69) is 0 Å². The van der Waals surface area contributed by atoms with E-state index in [1.807, 2.05) is 42.5 Å². The molecule has 0 N–H and O–H groups in total. The molecule has 2 atom stereocenters. The Hall–Kier alpha value is -2.88. The van der Waals surface area contributed by atoms with E-state index >= 15 is 0 Å². The minimum atomic E-state index is -0.707. The van der Waals surface area contributed by atoms with E-state index in [1.165, 1.54) is 6.92 Å². The van der Waals surface area contributed by atoms with Gasteiger partial charge >= 0.3 is 5.63 Å². The van der Waals surface area contributed by atoms with Gasteiger partial charge in [-0.3, -0.25) is 4.79 Å². The van der Waals surface area contributed by atoms with E-state index in [-0.39, 0.29) is 5.78 Å². The van der Waals surface area contributed by atoms with Gasteiger partial charge in [-0.05, 0) is 24.6 Å². The number of fused-ring (bicyclic) bond motifs is 3. The topological polar surface area (TPSA) is 56.5 Å². The van der Waals surface area contributed by atoms with E-state index < -0.39 is 17.6 Å². The van der Waals surface area contributed by atoms with Crippen molar-refractivity contribution in [3.8, 4) is 5.75 Å². The second-order valence-corrected chi connectivity index (χ2v) is 5.67. The minimum Gasteiger partial charge on any atom is -0.480 e. The number of para-hydroxylation sites is 1. The maximum Gasteiger partial charge on any atom is 0.344 e. The first kappa shape index (κ1) is 13.8.